The minimum absolute atomic E-state index is 0.202. The highest BCUT2D eigenvalue weighted by Crippen LogP contribution is 2.60. The summed E-state index contributed by atoms with van der Waals surface area (Å²) in [5, 5.41) is 8.85. The van der Waals surface area contributed by atoms with Crippen molar-refractivity contribution in [2.24, 2.45) is 23.2 Å². The molecular formula is C25H35NO4. The quantitative estimate of drug-likeness (QED) is 0.515. The highest BCUT2D eigenvalue weighted by Gasteiger charge is 2.51. The van der Waals surface area contributed by atoms with E-state index < -0.39 is 5.97 Å². The van der Waals surface area contributed by atoms with E-state index in [4.69, 9.17) is 9.84 Å². The Morgan fingerprint density at radius 2 is 1.60 bits per heavy atom. The molecular weight excluding hydrogens is 378 g/mol. The first-order valence-electron chi connectivity index (χ1n) is 11.7. The highest BCUT2D eigenvalue weighted by molar-refractivity contribution is 5.68. The molecule has 4 fully saturated rings. The van der Waals surface area contributed by atoms with Gasteiger partial charge in [0.25, 0.3) is 0 Å². The predicted molar refractivity (Wildman–Crippen MR) is 115 cm³/mol. The Morgan fingerprint density at radius 3 is 2.20 bits per heavy atom. The number of aliphatic carboxylic acids is 1. The van der Waals surface area contributed by atoms with E-state index in [2.05, 4.69) is 0 Å². The number of hydrogen-bond acceptors (Lipinski definition) is 3. The first kappa shape index (κ1) is 21.2. The summed E-state index contributed by atoms with van der Waals surface area (Å²) in [6, 6.07) is 9.82. The van der Waals surface area contributed by atoms with Crippen LogP contribution in [0.3, 0.4) is 0 Å². The van der Waals surface area contributed by atoms with E-state index in [0.717, 1.165) is 42.7 Å². The van der Waals surface area contributed by atoms with Crippen LogP contribution in [0.15, 0.2) is 30.3 Å². The molecule has 0 unspecified atom stereocenters. The number of unbranched alkanes of at least 4 members (excludes halogenated alkanes) is 2. The Bertz CT molecular complexity index is 697. The van der Waals surface area contributed by atoms with Gasteiger partial charge in [-0.05, 0) is 80.1 Å². The molecule has 30 heavy (non-hydrogen) atoms. The summed E-state index contributed by atoms with van der Waals surface area (Å²) in [4.78, 5) is 25.7. The van der Waals surface area contributed by atoms with E-state index in [1.165, 1.54) is 38.5 Å². The summed E-state index contributed by atoms with van der Waals surface area (Å²) >= 11 is 0. The molecule has 5 rings (SSSR count). The van der Waals surface area contributed by atoms with Crippen molar-refractivity contribution in [1.29, 1.82) is 0 Å². The number of amides is 1. The first-order valence-corrected chi connectivity index (χ1v) is 11.7. The van der Waals surface area contributed by atoms with Crippen molar-refractivity contribution in [2.45, 2.75) is 70.8 Å². The minimum atomic E-state index is -0.748. The number of carboxylic acids is 1. The van der Waals surface area contributed by atoms with Gasteiger partial charge in [-0.1, -0.05) is 36.8 Å². The van der Waals surface area contributed by atoms with Gasteiger partial charge in [-0.15, -0.1) is 0 Å². The van der Waals surface area contributed by atoms with E-state index in [0.29, 0.717) is 19.6 Å². The van der Waals surface area contributed by atoms with Gasteiger partial charge in [-0.3, -0.25) is 4.79 Å². The minimum Gasteiger partial charge on any atom is -0.481 e. The van der Waals surface area contributed by atoms with Gasteiger partial charge in [0.15, 0.2) is 0 Å². The first-order chi connectivity index (χ1) is 14.5. The van der Waals surface area contributed by atoms with Crippen LogP contribution < -0.4 is 0 Å². The van der Waals surface area contributed by atoms with Gasteiger partial charge in [0.05, 0.1) is 0 Å². The summed E-state index contributed by atoms with van der Waals surface area (Å²) < 4.78 is 5.69. The van der Waals surface area contributed by atoms with Crippen LogP contribution in [-0.2, 0) is 16.1 Å². The van der Waals surface area contributed by atoms with Crippen LogP contribution in [0.4, 0.5) is 4.79 Å². The van der Waals surface area contributed by atoms with Crippen LogP contribution in [0.1, 0.15) is 69.8 Å². The van der Waals surface area contributed by atoms with E-state index in [1.807, 2.05) is 35.2 Å². The fraction of sp³-hybridized carbons (Fsp3) is 0.680. The summed E-state index contributed by atoms with van der Waals surface area (Å²) in [5.74, 6) is 1.82. The summed E-state index contributed by atoms with van der Waals surface area (Å²) in [5.41, 5.74) is 1.28. The molecule has 164 valence electrons. The third-order valence-corrected chi connectivity index (χ3v) is 7.47. The van der Waals surface area contributed by atoms with Crippen LogP contribution in [0.5, 0.6) is 0 Å². The SMILES string of the molecule is O=C(O)CCCCCN(CC12CC3CC(CC(C3)C1)C2)C(=O)OCc1ccccc1. The lowest BCUT2D eigenvalue weighted by atomic mass is 9.49. The lowest BCUT2D eigenvalue weighted by Gasteiger charge is -2.57. The Hall–Kier alpha value is -2.04. The van der Waals surface area contributed by atoms with Crippen molar-refractivity contribution in [3.63, 3.8) is 0 Å². The lowest BCUT2D eigenvalue weighted by molar-refractivity contribution is -0.137. The third-order valence-electron chi connectivity index (χ3n) is 7.47. The van der Waals surface area contributed by atoms with Crippen molar-refractivity contribution in [3.8, 4) is 0 Å². The monoisotopic (exact) mass is 413 g/mol. The maximum absolute atomic E-state index is 13.0. The molecule has 1 aromatic carbocycles. The molecule has 0 radical (unpaired) electrons. The molecule has 1 aromatic rings. The number of ether oxygens (including phenoxy) is 1. The normalized spacial score (nSPS) is 29.0. The van der Waals surface area contributed by atoms with E-state index in [-0.39, 0.29) is 17.9 Å². The largest absolute Gasteiger partial charge is 0.481 e. The van der Waals surface area contributed by atoms with E-state index in [9.17, 15) is 9.59 Å². The Labute approximate surface area is 179 Å². The maximum atomic E-state index is 13.0. The lowest BCUT2D eigenvalue weighted by Crippen LogP contribution is -2.52. The summed E-state index contributed by atoms with van der Waals surface area (Å²) in [7, 11) is 0. The number of nitrogens with zero attached hydrogens (tertiary/aromatic N) is 1. The zero-order chi connectivity index (χ0) is 21.0. The zero-order valence-electron chi connectivity index (χ0n) is 17.9. The molecule has 0 saturated heterocycles. The maximum Gasteiger partial charge on any atom is 0.410 e. The van der Waals surface area contributed by atoms with Crippen LogP contribution in [0.25, 0.3) is 0 Å². The summed E-state index contributed by atoms with van der Waals surface area (Å²) in [6.07, 6.45) is 10.3. The number of rotatable bonds is 10. The molecule has 4 aliphatic rings. The predicted octanol–water partition coefficient (Wildman–Crippen LogP) is 5.49. The number of carbonyl (C=O) groups excluding carboxylic acids is 1. The third kappa shape index (κ3) is 5.35. The summed E-state index contributed by atoms with van der Waals surface area (Å²) in [6.45, 7) is 1.77. The number of hydrogen-bond donors (Lipinski definition) is 1. The zero-order valence-corrected chi connectivity index (χ0v) is 17.9. The molecule has 0 atom stereocenters. The molecule has 0 heterocycles. The van der Waals surface area contributed by atoms with Gasteiger partial charge in [0.2, 0.25) is 0 Å². The van der Waals surface area contributed by atoms with Crippen LogP contribution >= 0.6 is 0 Å². The van der Waals surface area contributed by atoms with Crippen LogP contribution in [-0.4, -0.2) is 35.2 Å². The fourth-order valence-electron chi connectivity index (χ4n) is 6.69. The Kier molecular flexibility index (Phi) is 6.64. The molecule has 4 aliphatic carbocycles. The molecule has 5 heteroatoms. The average molecular weight is 414 g/mol. The van der Waals surface area contributed by atoms with Gasteiger partial charge in [-0.2, -0.15) is 0 Å². The fourth-order valence-corrected chi connectivity index (χ4v) is 6.69. The van der Waals surface area contributed by atoms with Gasteiger partial charge in [0, 0.05) is 19.5 Å². The van der Waals surface area contributed by atoms with Gasteiger partial charge >= 0.3 is 12.1 Å². The van der Waals surface area contributed by atoms with Crippen LogP contribution in [0.2, 0.25) is 0 Å². The van der Waals surface area contributed by atoms with Crippen molar-refractivity contribution in [2.75, 3.05) is 13.1 Å². The topological polar surface area (TPSA) is 66.8 Å². The highest BCUT2D eigenvalue weighted by atomic mass is 16.6. The van der Waals surface area contributed by atoms with Crippen molar-refractivity contribution < 1.29 is 19.4 Å². The van der Waals surface area contributed by atoms with Gasteiger partial charge in [-0.25, -0.2) is 4.79 Å². The molecule has 0 spiro atoms. The van der Waals surface area contributed by atoms with E-state index in [1.54, 1.807) is 0 Å². The van der Waals surface area contributed by atoms with E-state index >= 15 is 0 Å². The second-order valence-corrected chi connectivity index (χ2v) is 10.1. The van der Waals surface area contributed by atoms with Crippen LogP contribution in [0, 0.1) is 23.2 Å². The molecule has 1 N–H and O–H groups in total. The Morgan fingerprint density at radius 1 is 0.967 bits per heavy atom. The van der Waals surface area contributed by atoms with Gasteiger partial charge < -0.3 is 14.7 Å². The molecule has 0 aliphatic heterocycles. The van der Waals surface area contributed by atoms with Gasteiger partial charge in [0.1, 0.15) is 6.61 Å². The molecule has 4 saturated carbocycles. The van der Waals surface area contributed by atoms with Crippen molar-refractivity contribution >= 4 is 12.1 Å². The second-order valence-electron chi connectivity index (χ2n) is 10.1. The standard InChI is InChI=1S/C25H35NO4/c27-23(28)9-5-2-6-10-26(24(29)30-17-19-7-3-1-4-8-19)18-25-14-20-11-21(15-25)13-22(12-20)16-25/h1,3-4,7-8,20-22H,2,5-6,9-18H2,(H,27,28). The second kappa shape index (κ2) is 9.40. The number of carboxylic acid groups (broad SMARTS) is 1. The molecule has 0 aromatic heterocycles. The molecule has 1 amide bonds. The Balaban J connectivity index is 1.36. The molecule has 5 nitrogen and oxygen atoms in total. The smallest absolute Gasteiger partial charge is 0.410 e. The number of carbonyl (C=O) groups is 2. The van der Waals surface area contributed by atoms with Crippen molar-refractivity contribution in [1.82, 2.24) is 4.90 Å². The number of benzene rings is 1. The molecule has 4 bridgehead atoms. The van der Waals surface area contributed by atoms with Crippen molar-refractivity contribution in [3.05, 3.63) is 35.9 Å². The average Bonchev–Trinajstić information content (AvgIpc) is 2.70.